The van der Waals surface area contributed by atoms with Gasteiger partial charge in [0.1, 0.15) is 4.21 Å². The topological polar surface area (TPSA) is 63.2 Å². The van der Waals surface area contributed by atoms with E-state index in [0.717, 1.165) is 11.3 Å². The zero-order valence-electron chi connectivity index (χ0n) is 10.2. The lowest BCUT2D eigenvalue weighted by Gasteiger charge is -2.07. The number of rotatable bonds is 4. The van der Waals surface area contributed by atoms with E-state index in [1.165, 1.54) is 19.1 Å². The molecule has 2 aromatic rings. The van der Waals surface area contributed by atoms with Gasteiger partial charge >= 0.3 is 0 Å². The normalized spacial score (nSPS) is 11.3. The van der Waals surface area contributed by atoms with E-state index < -0.39 is 10.0 Å². The lowest BCUT2D eigenvalue weighted by molar-refractivity contribution is 0.101. The van der Waals surface area contributed by atoms with Crippen molar-refractivity contribution in [1.82, 2.24) is 0 Å². The summed E-state index contributed by atoms with van der Waals surface area (Å²) in [7, 11) is -3.66. The molecule has 0 bridgehead atoms. The van der Waals surface area contributed by atoms with Crippen LogP contribution in [-0.4, -0.2) is 14.2 Å². The SMILES string of the molecule is CC(=O)c1cccc(NS(=O)(=O)c2cc(Br)c(Br)s2)c1. The molecule has 0 atom stereocenters. The molecule has 4 nitrogen and oxygen atoms in total. The lowest BCUT2D eigenvalue weighted by Crippen LogP contribution is -2.11. The molecule has 106 valence electrons. The Kier molecular flexibility index (Phi) is 4.68. The van der Waals surface area contributed by atoms with Crippen LogP contribution in [0, 0.1) is 0 Å². The zero-order chi connectivity index (χ0) is 14.9. The van der Waals surface area contributed by atoms with Crippen molar-refractivity contribution >= 4 is 64.7 Å². The zero-order valence-corrected chi connectivity index (χ0v) is 15.0. The fourth-order valence-electron chi connectivity index (χ4n) is 1.47. The van der Waals surface area contributed by atoms with Gasteiger partial charge in [-0.05, 0) is 57.0 Å². The third-order valence-corrected chi connectivity index (χ3v) is 7.52. The lowest BCUT2D eigenvalue weighted by atomic mass is 10.1. The highest BCUT2D eigenvalue weighted by atomic mass is 79.9. The van der Waals surface area contributed by atoms with Crippen LogP contribution in [0.15, 0.2) is 42.8 Å². The van der Waals surface area contributed by atoms with Gasteiger partial charge in [0.25, 0.3) is 10.0 Å². The van der Waals surface area contributed by atoms with Gasteiger partial charge < -0.3 is 0 Å². The van der Waals surface area contributed by atoms with E-state index in [4.69, 9.17) is 0 Å². The van der Waals surface area contributed by atoms with E-state index in [9.17, 15) is 13.2 Å². The quantitative estimate of drug-likeness (QED) is 0.724. The van der Waals surface area contributed by atoms with Crippen LogP contribution >= 0.6 is 43.2 Å². The Morgan fingerprint density at radius 3 is 2.50 bits per heavy atom. The number of hydrogen-bond donors (Lipinski definition) is 1. The van der Waals surface area contributed by atoms with Crippen LogP contribution in [0.1, 0.15) is 17.3 Å². The van der Waals surface area contributed by atoms with E-state index in [0.29, 0.717) is 19.5 Å². The van der Waals surface area contributed by atoms with E-state index >= 15 is 0 Å². The highest BCUT2D eigenvalue weighted by Crippen LogP contribution is 2.35. The van der Waals surface area contributed by atoms with Crippen molar-refractivity contribution in [3.8, 4) is 0 Å². The van der Waals surface area contributed by atoms with Crippen LogP contribution < -0.4 is 4.72 Å². The average Bonchev–Trinajstić information content (AvgIpc) is 2.70. The van der Waals surface area contributed by atoms with Crippen LogP contribution in [0.4, 0.5) is 5.69 Å². The van der Waals surface area contributed by atoms with Gasteiger partial charge in [0.05, 0.1) is 3.79 Å². The first-order valence-corrected chi connectivity index (χ1v) is 9.27. The van der Waals surface area contributed by atoms with Crippen molar-refractivity contribution < 1.29 is 13.2 Å². The highest BCUT2D eigenvalue weighted by Gasteiger charge is 2.19. The number of anilines is 1. The number of sulfonamides is 1. The molecule has 0 fully saturated rings. The van der Waals surface area contributed by atoms with Gasteiger partial charge in [-0.1, -0.05) is 12.1 Å². The van der Waals surface area contributed by atoms with Crippen molar-refractivity contribution in [2.24, 2.45) is 0 Å². The number of halogens is 2. The highest BCUT2D eigenvalue weighted by molar-refractivity contribution is 9.13. The maximum absolute atomic E-state index is 12.2. The van der Waals surface area contributed by atoms with Crippen molar-refractivity contribution in [1.29, 1.82) is 0 Å². The van der Waals surface area contributed by atoms with Gasteiger partial charge in [0, 0.05) is 15.7 Å². The molecule has 0 unspecified atom stereocenters. The molecular formula is C12H9Br2NO3S2. The molecule has 1 N–H and O–H groups in total. The predicted molar refractivity (Wildman–Crippen MR) is 87.0 cm³/mol. The second-order valence-electron chi connectivity index (χ2n) is 3.93. The molecule has 1 aromatic heterocycles. The molecule has 0 saturated carbocycles. The van der Waals surface area contributed by atoms with Crippen LogP contribution in [0.2, 0.25) is 0 Å². The molecule has 1 aromatic carbocycles. The molecule has 0 saturated heterocycles. The summed E-state index contributed by atoms with van der Waals surface area (Å²) in [5.74, 6) is -0.118. The minimum atomic E-state index is -3.66. The fourth-order valence-corrected chi connectivity index (χ4v) is 5.33. The van der Waals surface area contributed by atoms with Gasteiger partial charge in [0.2, 0.25) is 0 Å². The summed E-state index contributed by atoms with van der Waals surface area (Å²) in [4.78, 5) is 11.3. The predicted octanol–water partition coefficient (Wildman–Crippen LogP) is 4.28. The first-order valence-electron chi connectivity index (χ1n) is 5.38. The van der Waals surface area contributed by atoms with Crippen LogP contribution in [-0.2, 0) is 10.0 Å². The molecule has 8 heteroatoms. The average molecular weight is 439 g/mol. The van der Waals surface area contributed by atoms with Gasteiger partial charge in [0.15, 0.2) is 5.78 Å². The molecule has 0 aliphatic carbocycles. The first-order chi connectivity index (χ1) is 9.29. The summed E-state index contributed by atoms with van der Waals surface area (Å²) in [6, 6.07) is 7.90. The molecule has 20 heavy (non-hydrogen) atoms. The minimum absolute atomic E-state index is 0.118. The van der Waals surface area contributed by atoms with Crippen molar-refractivity contribution in [2.75, 3.05) is 4.72 Å². The Balaban J connectivity index is 2.33. The summed E-state index contributed by atoms with van der Waals surface area (Å²) in [6.07, 6.45) is 0. The second kappa shape index (κ2) is 5.97. The molecule has 1 heterocycles. The monoisotopic (exact) mass is 437 g/mol. The van der Waals surface area contributed by atoms with E-state index in [1.807, 2.05) is 0 Å². The van der Waals surface area contributed by atoms with Gasteiger partial charge in [-0.15, -0.1) is 11.3 Å². The smallest absolute Gasteiger partial charge is 0.271 e. The van der Waals surface area contributed by atoms with Gasteiger partial charge in [-0.2, -0.15) is 0 Å². The number of carbonyl (C=O) groups excluding carboxylic acids is 1. The van der Waals surface area contributed by atoms with E-state index in [2.05, 4.69) is 36.6 Å². The van der Waals surface area contributed by atoms with Crippen molar-refractivity contribution in [3.63, 3.8) is 0 Å². The van der Waals surface area contributed by atoms with Gasteiger partial charge in [-0.25, -0.2) is 8.42 Å². The third-order valence-electron chi connectivity index (χ3n) is 2.41. The Labute approximate surface area is 137 Å². The van der Waals surface area contributed by atoms with Gasteiger partial charge in [-0.3, -0.25) is 9.52 Å². The van der Waals surface area contributed by atoms with Crippen LogP contribution in [0.5, 0.6) is 0 Å². The van der Waals surface area contributed by atoms with Crippen LogP contribution in [0.3, 0.4) is 0 Å². The molecule has 0 radical (unpaired) electrons. The minimum Gasteiger partial charge on any atom is -0.295 e. The van der Waals surface area contributed by atoms with Crippen molar-refractivity contribution in [2.45, 2.75) is 11.1 Å². The summed E-state index contributed by atoms with van der Waals surface area (Å²) in [6.45, 7) is 1.43. The molecule has 0 amide bonds. The van der Waals surface area contributed by atoms with E-state index in [1.54, 1.807) is 18.2 Å². The number of ketones is 1. The Morgan fingerprint density at radius 2 is 1.95 bits per heavy atom. The van der Waals surface area contributed by atoms with Crippen molar-refractivity contribution in [3.05, 3.63) is 44.2 Å². The maximum atomic E-state index is 12.2. The Morgan fingerprint density at radius 1 is 1.25 bits per heavy atom. The summed E-state index contributed by atoms with van der Waals surface area (Å²) in [5, 5.41) is 0. The fraction of sp³-hybridized carbons (Fsp3) is 0.0833. The summed E-state index contributed by atoms with van der Waals surface area (Å²) >= 11 is 7.61. The number of Topliss-reactive ketones (excluding diaryl/α,β-unsaturated/α-hetero) is 1. The van der Waals surface area contributed by atoms with Crippen LogP contribution in [0.25, 0.3) is 0 Å². The molecule has 2 rings (SSSR count). The third kappa shape index (κ3) is 3.49. The number of carbonyl (C=O) groups is 1. The number of nitrogens with one attached hydrogen (secondary N) is 1. The summed E-state index contributed by atoms with van der Waals surface area (Å²) < 4.78 is 28.5. The van der Waals surface area contributed by atoms with E-state index in [-0.39, 0.29) is 9.99 Å². The molecule has 0 aliphatic rings. The molecule has 0 spiro atoms. The Bertz CT molecular complexity index is 749. The first kappa shape index (κ1) is 15.7. The maximum Gasteiger partial charge on any atom is 0.271 e. The number of thiophene rings is 1. The number of hydrogen-bond acceptors (Lipinski definition) is 4. The standard InChI is InChI=1S/C12H9Br2NO3S2/c1-7(16)8-3-2-4-9(5-8)15-20(17,18)11-6-10(13)12(14)19-11/h2-6,15H,1H3. The number of benzene rings is 1. The Hall–Kier alpha value is -0.700. The molecular weight excluding hydrogens is 430 g/mol. The second-order valence-corrected chi connectivity index (χ2v) is 9.06. The molecule has 0 aliphatic heterocycles. The summed E-state index contributed by atoms with van der Waals surface area (Å²) in [5.41, 5.74) is 0.817. The largest absolute Gasteiger partial charge is 0.295 e.